The Bertz CT molecular complexity index is 1220. The van der Waals surface area contributed by atoms with E-state index >= 15 is 0 Å². The van der Waals surface area contributed by atoms with E-state index in [1.165, 1.54) is 22.0 Å². The smallest absolute Gasteiger partial charge is 0.354 e. The molecule has 178 valence electrons. The van der Waals surface area contributed by atoms with E-state index in [1.807, 2.05) is 0 Å². The Balaban J connectivity index is 1.47. The third-order valence-corrected chi connectivity index (χ3v) is 8.05. The van der Waals surface area contributed by atoms with Crippen LogP contribution in [0.5, 0.6) is 5.88 Å². The molecule has 3 N–H and O–H groups in total. The fourth-order valence-electron chi connectivity index (χ4n) is 5.18. The van der Waals surface area contributed by atoms with Crippen LogP contribution >= 0.6 is 0 Å². The number of hydrogen-bond acceptors (Lipinski definition) is 6. The van der Waals surface area contributed by atoms with Gasteiger partial charge in [0, 0.05) is 25.8 Å². The number of aryl methyl sites for hydroxylation is 2. The number of nitrogens with one attached hydrogen (secondary N) is 1. The molecule has 1 aromatic carbocycles. The third kappa shape index (κ3) is 4.03. The zero-order valence-electron chi connectivity index (χ0n) is 18.8. The summed E-state index contributed by atoms with van der Waals surface area (Å²) in [6, 6.07) is 1.54. The van der Waals surface area contributed by atoms with Crippen LogP contribution in [0.25, 0.3) is 0 Å². The van der Waals surface area contributed by atoms with Crippen LogP contribution in [0.2, 0.25) is 0 Å². The van der Waals surface area contributed by atoms with E-state index in [9.17, 15) is 9.00 Å². The highest BCUT2D eigenvalue weighted by molar-refractivity contribution is 7.91. The summed E-state index contributed by atoms with van der Waals surface area (Å²) in [5, 5.41) is 13.2. The van der Waals surface area contributed by atoms with E-state index < -0.39 is 15.9 Å². The van der Waals surface area contributed by atoms with E-state index in [4.69, 9.17) is 19.3 Å². The first-order valence-corrected chi connectivity index (χ1v) is 12.7. The lowest BCUT2D eigenvalue weighted by molar-refractivity contribution is 0.0165. The van der Waals surface area contributed by atoms with Gasteiger partial charge < -0.3 is 19.5 Å². The van der Waals surface area contributed by atoms with Crippen LogP contribution < -0.4 is 15.2 Å². The molecular weight excluding hydrogens is 446 g/mol. The monoisotopic (exact) mass is 475 g/mol. The van der Waals surface area contributed by atoms with Crippen LogP contribution in [0.3, 0.4) is 0 Å². The molecule has 2 unspecified atom stereocenters. The lowest BCUT2D eigenvalue weighted by atomic mass is 9.94. The molecule has 0 bridgehead atoms. The predicted octanol–water partition coefficient (Wildman–Crippen LogP) is 2.39. The number of anilines is 1. The number of ether oxygens (including phenoxy) is 3. The van der Waals surface area contributed by atoms with Gasteiger partial charge in [0.2, 0.25) is 5.88 Å². The molecule has 1 aliphatic heterocycles. The summed E-state index contributed by atoms with van der Waals surface area (Å²) in [7, 11) is -0.291. The van der Waals surface area contributed by atoms with Gasteiger partial charge in [0.15, 0.2) is 9.92 Å². The predicted molar refractivity (Wildman–Crippen MR) is 122 cm³/mol. The number of benzene rings is 1. The van der Waals surface area contributed by atoms with Crippen molar-refractivity contribution < 1.29 is 23.2 Å². The average Bonchev–Trinajstić information content (AvgIpc) is 3.51. The number of nitrogens with zero attached hydrogens (tertiary/aromatic N) is 3. The summed E-state index contributed by atoms with van der Waals surface area (Å²) in [6.45, 7) is 1.30. The minimum absolute atomic E-state index is 0.105. The summed E-state index contributed by atoms with van der Waals surface area (Å²) >= 11 is 0. The van der Waals surface area contributed by atoms with Crippen LogP contribution in [-0.2, 0) is 45.2 Å². The number of hydrogen-bond donors (Lipinski definition) is 2. The van der Waals surface area contributed by atoms with Gasteiger partial charge in [-0.15, -0.1) is 4.36 Å². The Morgan fingerprint density at radius 1 is 1.36 bits per heavy atom. The number of amides is 2. The SMILES string of the molecule is COC[C@H]1CCc2cc3c(c(NC(=O)N=S(N)(=O)c4cnn5c4OCC(OC)C5)c21)CCC3. The van der Waals surface area contributed by atoms with Crippen molar-refractivity contribution in [1.29, 1.82) is 0 Å². The van der Waals surface area contributed by atoms with E-state index in [-0.39, 0.29) is 29.4 Å². The fraction of sp³-hybridized carbons (Fsp3) is 0.545. The van der Waals surface area contributed by atoms with Gasteiger partial charge in [0.25, 0.3) is 0 Å². The Labute approximate surface area is 193 Å². The highest BCUT2D eigenvalue weighted by Gasteiger charge is 2.32. The molecule has 0 saturated carbocycles. The van der Waals surface area contributed by atoms with Crippen molar-refractivity contribution in [1.82, 2.24) is 9.78 Å². The zero-order chi connectivity index (χ0) is 23.2. The fourth-order valence-corrected chi connectivity index (χ4v) is 6.18. The first kappa shape index (κ1) is 22.3. The Hall–Kier alpha value is -2.47. The number of fused-ring (bicyclic) bond motifs is 3. The van der Waals surface area contributed by atoms with E-state index in [0.717, 1.165) is 48.9 Å². The van der Waals surface area contributed by atoms with Crippen molar-refractivity contribution in [2.45, 2.75) is 55.6 Å². The van der Waals surface area contributed by atoms with Gasteiger partial charge in [-0.1, -0.05) is 6.07 Å². The van der Waals surface area contributed by atoms with Crippen LogP contribution in [0.4, 0.5) is 10.5 Å². The molecule has 2 heterocycles. The van der Waals surface area contributed by atoms with Crippen molar-refractivity contribution in [3.8, 4) is 5.88 Å². The van der Waals surface area contributed by atoms with Crippen molar-refractivity contribution in [2.24, 2.45) is 9.50 Å². The number of carbonyl (C=O) groups is 1. The molecular formula is C22H29N5O5S. The zero-order valence-corrected chi connectivity index (χ0v) is 19.7. The second-order valence-corrected chi connectivity index (χ2v) is 10.5. The second kappa shape index (κ2) is 8.71. The van der Waals surface area contributed by atoms with Crippen LogP contribution in [0.1, 0.15) is 41.0 Å². The molecule has 2 aliphatic carbocycles. The van der Waals surface area contributed by atoms with E-state index in [2.05, 4.69) is 20.8 Å². The van der Waals surface area contributed by atoms with Gasteiger partial charge in [-0.25, -0.2) is 18.8 Å². The Morgan fingerprint density at radius 2 is 2.21 bits per heavy atom. The molecule has 2 aromatic rings. The number of rotatable bonds is 5. The molecule has 0 fully saturated rings. The average molecular weight is 476 g/mol. The first-order valence-electron chi connectivity index (χ1n) is 11.1. The van der Waals surface area contributed by atoms with Crippen LogP contribution in [0, 0.1) is 0 Å². The van der Waals surface area contributed by atoms with Gasteiger partial charge >= 0.3 is 6.03 Å². The van der Waals surface area contributed by atoms with Crippen LogP contribution in [-0.4, -0.2) is 53.6 Å². The van der Waals surface area contributed by atoms with Gasteiger partial charge in [-0.3, -0.25) is 0 Å². The largest absolute Gasteiger partial charge is 0.474 e. The van der Waals surface area contributed by atoms with Gasteiger partial charge in [0.05, 0.1) is 19.3 Å². The summed E-state index contributed by atoms with van der Waals surface area (Å²) in [5.74, 6) is 0.465. The summed E-state index contributed by atoms with van der Waals surface area (Å²) < 4.78 is 35.0. The van der Waals surface area contributed by atoms with Gasteiger partial charge in [-0.2, -0.15) is 5.10 Å². The molecule has 3 atom stereocenters. The Morgan fingerprint density at radius 3 is 3.00 bits per heavy atom. The van der Waals surface area contributed by atoms with E-state index in [1.54, 1.807) is 14.2 Å². The summed E-state index contributed by atoms with van der Waals surface area (Å²) in [5.41, 5.74) is 5.55. The molecule has 33 heavy (non-hydrogen) atoms. The minimum Gasteiger partial charge on any atom is -0.474 e. The van der Waals surface area contributed by atoms with Crippen molar-refractivity contribution in [3.05, 3.63) is 34.5 Å². The van der Waals surface area contributed by atoms with Gasteiger partial charge in [-0.05, 0) is 54.4 Å². The number of aromatic nitrogens is 2. The molecule has 0 saturated heterocycles. The Kier molecular flexibility index (Phi) is 5.89. The van der Waals surface area contributed by atoms with Crippen LogP contribution in [0.15, 0.2) is 21.5 Å². The van der Waals surface area contributed by atoms with Crippen molar-refractivity contribution >= 4 is 21.6 Å². The third-order valence-electron chi connectivity index (χ3n) is 6.71. The summed E-state index contributed by atoms with van der Waals surface area (Å²) in [6.07, 6.45) is 6.04. The van der Waals surface area contributed by atoms with Gasteiger partial charge in [0.1, 0.15) is 17.6 Å². The molecule has 0 spiro atoms. The normalized spacial score (nSPS) is 22.6. The molecule has 11 heteroatoms. The molecule has 5 rings (SSSR count). The molecule has 10 nitrogen and oxygen atoms in total. The molecule has 2 amide bonds. The molecule has 1 aromatic heterocycles. The lowest BCUT2D eigenvalue weighted by Crippen LogP contribution is -2.32. The lowest BCUT2D eigenvalue weighted by Gasteiger charge is -2.23. The topological polar surface area (TPSA) is 130 Å². The summed E-state index contributed by atoms with van der Waals surface area (Å²) in [4.78, 5) is 13.1. The quantitative estimate of drug-likeness (QED) is 0.683. The molecule has 0 radical (unpaired) electrons. The number of urea groups is 1. The van der Waals surface area contributed by atoms with Crippen molar-refractivity contribution in [3.63, 3.8) is 0 Å². The number of carbonyl (C=O) groups excluding carboxylic acids is 1. The number of nitrogens with two attached hydrogens (primary N) is 1. The highest BCUT2D eigenvalue weighted by atomic mass is 32.2. The van der Waals surface area contributed by atoms with Crippen molar-refractivity contribution in [2.75, 3.05) is 32.8 Å². The first-order chi connectivity index (χ1) is 15.9. The standard InChI is InChI=1S/C22H29N5O5S/c1-30-11-15-7-6-14-8-13-4-3-5-17(13)20(19(14)15)25-22(28)26-33(23,29)18-9-24-27-10-16(31-2)12-32-21(18)27/h8-9,15-16H,3-7,10-12H2,1-2H3,(H3,23,25,26,28,29)/t15-,16?,33?/m1/s1. The maximum atomic E-state index is 13.3. The minimum atomic E-state index is -3.56. The second-order valence-electron chi connectivity index (χ2n) is 8.76. The maximum absolute atomic E-state index is 13.3. The maximum Gasteiger partial charge on any atom is 0.354 e. The molecule has 3 aliphatic rings. The van der Waals surface area contributed by atoms with E-state index in [0.29, 0.717) is 13.2 Å². The highest BCUT2D eigenvalue weighted by Crippen LogP contribution is 2.44. The number of methoxy groups -OCH3 is 2.